The molecular weight excluding hydrogens is 419 g/mol. The number of furan rings is 1. The van der Waals surface area contributed by atoms with Gasteiger partial charge in [0.2, 0.25) is 0 Å². The summed E-state index contributed by atoms with van der Waals surface area (Å²) in [6, 6.07) is 3.82. The molecule has 1 aliphatic rings. The zero-order chi connectivity index (χ0) is 15.9. The topological polar surface area (TPSA) is 80.3 Å². The van der Waals surface area contributed by atoms with E-state index in [0.717, 1.165) is 42.9 Å². The van der Waals surface area contributed by atoms with Gasteiger partial charge in [-0.25, -0.2) is 4.99 Å². The molecule has 1 aliphatic heterocycles. The lowest BCUT2D eigenvalue weighted by atomic mass is 10.2. The highest BCUT2D eigenvalue weighted by Crippen LogP contribution is 2.14. The molecule has 2 N–H and O–H groups in total. The van der Waals surface area contributed by atoms with Crippen LogP contribution in [0.4, 0.5) is 0 Å². The van der Waals surface area contributed by atoms with Gasteiger partial charge in [0.25, 0.3) is 0 Å². The summed E-state index contributed by atoms with van der Waals surface area (Å²) in [5, 5.41) is 15.1. The van der Waals surface area contributed by atoms with E-state index in [2.05, 4.69) is 30.4 Å². The molecule has 0 saturated carbocycles. The van der Waals surface area contributed by atoms with Gasteiger partial charge in [0, 0.05) is 19.5 Å². The van der Waals surface area contributed by atoms with E-state index in [-0.39, 0.29) is 24.0 Å². The second-order valence-corrected chi connectivity index (χ2v) is 5.62. The molecule has 0 unspecified atom stereocenters. The minimum Gasteiger partial charge on any atom is -0.467 e. The standard InChI is InChI=1S/C16H24N6O.HI/c1-2-17-16(18-11-13-7-6-10-23-13)19-12-15-21-20-14-8-4-3-5-9-22(14)15;/h6-7,10H,2-5,8-9,11-12H2,1H3,(H2,17,18,19);1H. The summed E-state index contributed by atoms with van der Waals surface area (Å²) < 4.78 is 7.56. The minimum atomic E-state index is 0. The Hall–Kier alpha value is -1.58. The van der Waals surface area contributed by atoms with Gasteiger partial charge < -0.3 is 19.6 Å². The summed E-state index contributed by atoms with van der Waals surface area (Å²) in [5.74, 6) is 3.68. The van der Waals surface area contributed by atoms with E-state index >= 15 is 0 Å². The molecule has 2 aromatic rings. The summed E-state index contributed by atoms with van der Waals surface area (Å²) in [6.07, 6.45) is 6.35. The number of rotatable bonds is 5. The lowest BCUT2D eigenvalue weighted by Gasteiger charge is -2.10. The number of nitrogens with zero attached hydrogens (tertiary/aromatic N) is 4. The van der Waals surface area contributed by atoms with E-state index in [1.807, 2.05) is 19.1 Å². The monoisotopic (exact) mass is 444 g/mol. The number of aliphatic imine (C=N–C) groups is 1. The van der Waals surface area contributed by atoms with Gasteiger partial charge in [0.15, 0.2) is 11.8 Å². The van der Waals surface area contributed by atoms with Gasteiger partial charge in [-0.3, -0.25) is 0 Å². The summed E-state index contributed by atoms with van der Waals surface area (Å²) in [7, 11) is 0. The van der Waals surface area contributed by atoms with Crippen molar-refractivity contribution in [2.24, 2.45) is 4.99 Å². The van der Waals surface area contributed by atoms with E-state index in [9.17, 15) is 0 Å². The number of aromatic nitrogens is 3. The Morgan fingerprint density at radius 3 is 3.00 bits per heavy atom. The van der Waals surface area contributed by atoms with Crippen LogP contribution < -0.4 is 10.6 Å². The first-order valence-corrected chi connectivity index (χ1v) is 8.32. The molecule has 132 valence electrons. The lowest BCUT2D eigenvalue weighted by molar-refractivity contribution is 0.501. The second-order valence-electron chi connectivity index (χ2n) is 5.62. The van der Waals surface area contributed by atoms with Crippen LogP contribution >= 0.6 is 24.0 Å². The van der Waals surface area contributed by atoms with Crippen LogP contribution in [0.2, 0.25) is 0 Å². The summed E-state index contributed by atoms with van der Waals surface area (Å²) in [6.45, 7) is 5.00. The van der Waals surface area contributed by atoms with Gasteiger partial charge in [0.1, 0.15) is 18.1 Å². The van der Waals surface area contributed by atoms with E-state index in [1.54, 1.807) is 6.26 Å². The zero-order valence-electron chi connectivity index (χ0n) is 14.0. The van der Waals surface area contributed by atoms with Crippen molar-refractivity contribution >= 4 is 29.9 Å². The molecule has 0 aromatic carbocycles. The maximum Gasteiger partial charge on any atom is 0.192 e. The van der Waals surface area contributed by atoms with Crippen LogP contribution in [0.3, 0.4) is 0 Å². The van der Waals surface area contributed by atoms with Gasteiger partial charge in [-0.15, -0.1) is 34.2 Å². The van der Waals surface area contributed by atoms with Crippen LogP contribution in [0, 0.1) is 0 Å². The highest BCUT2D eigenvalue weighted by molar-refractivity contribution is 14.0. The lowest BCUT2D eigenvalue weighted by Crippen LogP contribution is -2.36. The fourth-order valence-electron chi connectivity index (χ4n) is 2.74. The Bertz CT molecular complexity index is 637. The van der Waals surface area contributed by atoms with Crippen LogP contribution in [0.15, 0.2) is 27.8 Å². The number of aryl methyl sites for hydroxylation is 1. The molecule has 8 heteroatoms. The summed E-state index contributed by atoms with van der Waals surface area (Å²) in [4.78, 5) is 4.62. The van der Waals surface area contributed by atoms with Crippen LogP contribution in [0.25, 0.3) is 0 Å². The third-order valence-corrected chi connectivity index (χ3v) is 3.92. The molecule has 0 atom stereocenters. The molecule has 0 aliphatic carbocycles. The van der Waals surface area contributed by atoms with E-state index < -0.39 is 0 Å². The number of fused-ring (bicyclic) bond motifs is 1. The van der Waals surface area contributed by atoms with Crippen molar-refractivity contribution in [3.05, 3.63) is 35.8 Å². The molecule has 0 bridgehead atoms. The third kappa shape index (κ3) is 4.96. The first-order chi connectivity index (χ1) is 11.4. The number of hydrogen-bond acceptors (Lipinski definition) is 4. The van der Waals surface area contributed by atoms with Crippen molar-refractivity contribution in [2.75, 3.05) is 6.54 Å². The molecule has 0 fully saturated rings. The average Bonchev–Trinajstić information content (AvgIpc) is 3.15. The van der Waals surface area contributed by atoms with E-state index in [0.29, 0.717) is 13.1 Å². The number of guanidine groups is 1. The van der Waals surface area contributed by atoms with Gasteiger partial charge in [-0.05, 0) is 31.9 Å². The molecule has 7 nitrogen and oxygen atoms in total. The fraction of sp³-hybridized carbons (Fsp3) is 0.562. The van der Waals surface area contributed by atoms with Gasteiger partial charge >= 0.3 is 0 Å². The van der Waals surface area contributed by atoms with Crippen LogP contribution in [0.5, 0.6) is 0 Å². The van der Waals surface area contributed by atoms with E-state index in [1.165, 1.54) is 19.3 Å². The Balaban J connectivity index is 0.00000208. The SMILES string of the molecule is CCNC(=NCc1nnc2n1CCCCC2)NCc1ccco1.I. The van der Waals surface area contributed by atoms with Crippen molar-refractivity contribution in [3.63, 3.8) is 0 Å². The molecule has 3 heterocycles. The first-order valence-electron chi connectivity index (χ1n) is 8.32. The largest absolute Gasteiger partial charge is 0.467 e. The smallest absolute Gasteiger partial charge is 0.192 e. The zero-order valence-corrected chi connectivity index (χ0v) is 16.3. The molecule has 0 saturated heterocycles. The van der Waals surface area contributed by atoms with Crippen molar-refractivity contribution in [2.45, 2.75) is 52.2 Å². The van der Waals surface area contributed by atoms with E-state index in [4.69, 9.17) is 4.42 Å². The number of halogens is 1. The Labute approximate surface area is 159 Å². The fourth-order valence-corrected chi connectivity index (χ4v) is 2.74. The number of nitrogens with one attached hydrogen (secondary N) is 2. The van der Waals surface area contributed by atoms with Crippen LogP contribution in [-0.4, -0.2) is 27.3 Å². The molecule has 0 amide bonds. The number of hydrogen-bond donors (Lipinski definition) is 2. The quantitative estimate of drug-likeness (QED) is 0.421. The molecule has 24 heavy (non-hydrogen) atoms. The summed E-state index contributed by atoms with van der Waals surface area (Å²) >= 11 is 0. The van der Waals surface area contributed by atoms with Crippen molar-refractivity contribution in [1.29, 1.82) is 0 Å². The maximum atomic E-state index is 5.33. The predicted octanol–water partition coefficient (Wildman–Crippen LogP) is 2.47. The minimum absolute atomic E-state index is 0. The first kappa shape index (κ1) is 18.8. The van der Waals surface area contributed by atoms with Crippen molar-refractivity contribution in [1.82, 2.24) is 25.4 Å². The van der Waals surface area contributed by atoms with Crippen LogP contribution in [-0.2, 0) is 26.1 Å². The molecule has 2 aromatic heterocycles. The average molecular weight is 444 g/mol. The highest BCUT2D eigenvalue weighted by Gasteiger charge is 2.14. The third-order valence-electron chi connectivity index (χ3n) is 3.92. The highest BCUT2D eigenvalue weighted by atomic mass is 127. The predicted molar refractivity (Wildman–Crippen MR) is 103 cm³/mol. The van der Waals surface area contributed by atoms with Gasteiger partial charge in [-0.2, -0.15) is 0 Å². The molecule has 3 rings (SSSR count). The second kappa shape index (κ2) is 9.65. The maximum absolute atomic E-state index is 5.33. The molecule has 0 spiro atoms. The van der Waals surface area contributed by atoms with Crippen LogP contribution in [0.1, 0.15) is 43.6 Å². The Morgan fingerprint density at radius 1 is 1.29 bits per heavy atom. The normalized spacial score (nSPS) is 14.5. The molecular formula is C16H25IN6O. The van der Waals surface area contributed by atoms with Crippen molar-refractivity contribution < 1.29 is 4.42 Å². The Kier molecular flexibility index (Phi) is 7.54. The van der Waals surface area contributed by atoms with Gasteiger partial charge in [0.05, 0.1) is 12.8 Å². The molecule has 0 radical (unpaired) electrons. The summed E-state index contributed by atoms with van der Waals surface area (Å²) in [5.41, 5.74) is 0. The Morgan fingerprint density at radius 2 is 2.21 bits per heavy atom. The van der Waals surface area contributed by atoms with Crippen molar-refractivity contribution in [3.8, 4) is 0 Å². The van der Waals surface area contributed by atoms with Gasteiger partial charge in [-0.1, -0.05) is 6.42 Å².